The van der Waals surface area contributed by atoms with Crippen molar-refractivity contribution >= 4 is 55.0 Å². The number of sulfonamides is 1. The highest BCUT2D eigenvalue weighted by molar-refractivity contribution is 7.91. The largest absolute Gasteiger partial charge is 0.465 e. The molecule has 4 aliphatic rings. The molecule has 5 atom stereocenters. The molecule has 2 aliphatic carbocycles. The van der Waals surface area contributed by atoms with Crippen LogP contribution in [-0.2, 0) is 30.6 Å². The predicted molar refractivity (Wildman–Crippen MR) is 184 cm³/mol. The first-order chi connectivity index (χ1) is 24.7. The Kier molecular flexibility index (Phi) is 9.69. The van der Waals surface area contributed by atoms with E-state index in [1.54, 1.807) is 6.08 Å². The summed E-state index contributed by atoms with van der Waals surface area (Å²) in [6.45, 7) is -0.0967. The number of rotatable bonds is 7. The first-order valence-corrected chi connectivity index (χ1v) is 19.6. The molecule has 3 aromatic rings. The van der Waals surface area contributed by atoms with Gasteiger partial charge in [-0.1, -0.05) is 42.4 Å². The number of ether oxygens (including phenoxy) is 1. The summed E-state index contributed by atoms with van der Waals surface area (Å²) in [5.74, 6) is -3.03. The molecule has 0 radical (unpaired) electrons. The molecule has 0 bridgehead atoms. The van der Waals surface area contributed by atoms with Crippen LogP contribution in [-0.4, -0.2) is 71.5 Å². The van der Waals surface area contributed by atoms with E-state index in [1.807, 2.05) is 6.08 Å². The smallest absolute Gasteiger partial charge is 0.416 e. The van der Waals surface area contributed by atoms with Crippen molar-refractivity contribution in [3.63, 3.8) is 0 Å². The van der Waals surface area contributed by atoms with Crippen LogP contribution in [0.2, 0.25) is 0 Å². The molecule has 0 unspecified atom stereocenters. The molecule has 1 saturated heterocycles. The molecular weight excluding hydrogens is 727 g/mol. The number of fused-ring (bicyclic) bond motifs is 3. The van der Waals surface area contributed by atoms with Crippen molar-refractivity contribution in [2.24, 2.45) is 5.92 Å². The molecule has 3 heterocycles. The highest BCUT2D eigenvalue weighted by atomic mass is 32.2. The maximum atomic E-state index is 14.4. The van der Waals surface area contributed by atoms with Gasteiger partial charge in [-0.25, -0.2) is 17.8 Å². The Morgan fingerprint density at radius 2 is 1.88 bits per heavy atom. The number of carbonyl (C=O) groups excluding carboxylic acids is 3. The third-order valence-electron chi connectivity index (χ3n) is 9.97. The van der Waals surface area contributed by atoms with E-state index < -0.39 is 80.2 Å². The number of amides is 3. The number of hydrogen-bond acceptors (Lipinski definition) is 9. The zero-order valence-corrected chi connectivity index (χ0v) is 29.5. The minimum absolute atomic E-state index is 0.0310. The summed E-state index contributed by atoms with van der Waals surface area (Å²) >= 11 is 1.09. The van der Waals surface area contributed by atoms with E-state index in [9.17, 15) is 40.4 Å². The highest BCUT2D eigenvalue weighted by Crippen LogP contribution is 2.46. The number of halogens is 4. The molecule has 11 nitrogen and oxygen atoms in total. The third kappa shape index (κ3) is 7.75. The molecule has 3 fully saturated rings. The summed E-state index contributed by atoms with van der Waals surface area (Å²) in [6.07, 6.45) is 2.18. The van der Waals surface area contributed by atoms with Crippen LogP contribution in [0.3, 0.4) is 0 Å². The lowest BCUT2D eigenvalue weighted by atomic mass is 10.0. The maximum absolute atomic E-state index is 14.4. The van der Waals surface area contributed by atoms with Crippen molar-refractivity contribution in [1.29, 1.82) is 0 Å². The molecule has 7 rings (SSSR count). The number of nitrogens with zero attached hydrogens (tertiary/aromatic N) is 2. The number of thiazole rings is 1. The minimum Gasteiger partial charge on any atom is -0.465 e. The second kappa shape index (κ2) is 14.0. The van der Waals surface area contributed by atoms with Gasteiger partial charge < -0.3 is 20.3 Å². The summed E-state index contributed by atoms with van der Waals surface area (Å²) in [7, 11) is -3.93. The zero-order chi connectivity index (χ0) is 36.8. The van der Waals surface area contributed by atoms with E-state index >= 15 is 0 Å². The molecule has 52 heavy (non-hydrogen) atoms. The van der Waals surface area contributed by atoms with Crippen molar-refractivity contribution in [2.45, 2.75) is 92.9 Å². The van der Waals surface area contributed by atoms with Crippen LogP contribution in [0.1, 0.15) is 63.4 Å². The van der Waals surface area contributed by atoms with Crippen LogP contribution in [0, 0.1) is 11.7 Å². The summed E-state index contributed by atoms with van der Waals surface area (Å²) in [5, 5.41) is 5.30. The SMILES string of the molecule is O=C1N[C@]2(C(=O)NS(=O)(=O)C3CC3)C[C@H]2C=CCCCCC[C@H](Nc2cccc(C(F)(F)F)c2)C(=O)N2C[C@H](Oc3nc4ccc(F)cc4s3)C[C@@H]12. The number of anilines is 1. The fourth-order valence-electron chi connectivity index (χ4n) is 6.90. The van der Waals surface area contributed by atoms with E-state index in [0.717, 1.165) is 29.9 Å². The second-order valence-corrected chi connectivity index (χ2v) is 16.8. The van der Waals surface area contributed by atoms with Gasteiger partial charge in [0.15, 0.2) is 0 Å². The monoisotopic (exact) mass is 763 g/mol. The molecule has 278 valence electrons. The van der Waals surface area contributed by atoms with Gasteiger partial charge in [-0.3, -0.25) is 19.1 Å². The molecule has 17 heteroatoms. The topological polar surface area (TPSA) is 147 Å². The molecule has 2 aromatic carbocycles. The molecular formula is C35H37F4N5O6S2. The number of nitrogens with one attached hydrogen (secondary N) is 3. The molecule has 0 spiro atoms. The van der Waals surface area contributed by atoms with Gasteiger partial charge in [-0.2, -0.15) is 13.2 Å². The van der Waals surface area contributed by atoms with E-state index in [-0.39, 0.29) is 36.7 Å². The van der Waals surface area contributed by atoms with Gasteiger partial charge in [0.1, 0.15) is 29.5 Å². The molecule has 3 amide bonds. The molecule has 2 saturated carbocycles. The second-order valence-electron chi connectivity index (χ2n) is 13.9. The normalized spacial score (nSPS) is 27.2. The van der Waals surface area contributed by atoms with Gasteiger partial charge in [0.05, 0.1) is 27.6 Å². The number of alkyl halides is 3. The van der Waals surface area contributed by atoms with Crippen LogP contribution >= 0.6 is 11.3 Å². The number of carbonyl (C=O) groups is 3. The standard InChI is InChI=1S/C35H37F4N5O6S2/c36-22-11-14-26-29(16-22)51-33(41-26)50-24-17-28-30(45)42-34(32(47)43-52(48,49)25-12-13-25)18-21(34)7-4-2-1-3-5-10-27(31(46)44(28)19-24)40-23-9-6-8-20(15-23)35(37,38)39/h4,6-9,11,14-16,21,24-25,27-28,40H,1-3,5,10,12-13,17-19H2,(H,42,45)(H,43,47)/t21-,24-,27+,28+,34-/m1/s1. The molecule has 1 aromatic heterocycles. The number of allylic oxidation sites excluding steroid dienone is 1. The third-order valence-corrected chi connectivity index (χ3v) is 12.7. The van der Waals surface area contributed by atoms with Gasteiger partial charge in [0.2, 0.25) is 21.8 Å². The van der Waals surface area contributed by atoms with Crippen LogP contribution < -0.4 is 20.1 Å². The van der Waals surface area contributed by atoms with Crippen LogP contribution in [0.4, 0.5) is 23.2 Å². The quantitative estimate of drug-likeness (QED) is 0.218. The minimum atomic E-state index is -4.60. The van der Waals surface area contributed by atoms with Crippen molar-refractivity contribution in [3.05, 3.63) is 66.0 Å². The van der Waals surface area contributed by atoms with Crippen molar-refractivity contribution in [1.82, 2.24) is 19.9 Å². The van der Waals surface area contributed by atoms with E-state index in [2.05, 4.69) is 20.3 Å². The van der Waals surface area contributed by atoms with Crippen molar-refractivity contribution in [2.75, 3.05) is 11.9 Å². The first kappa shape index (κ1) is 36.1. The van der Waals surface area contributed by atoms with Crippen molar-refractivity contribution < 1.29 is 45.1 Å². The fourth-order valence-corrected chi connectivity index (χ4v) is 9.17. The number of hydrogen-bond donors (Lipinski definition) is 3. The highest BCUT2D eigenvalue weighted by Gasteiger charge is 2.62. The Bertz CT molecular complexity index is 2020. The van der Waals surface area contributed by atoms with Gasteiger partial charge in [0, 0.05) is 18.0 Å². The van der Waals surface area contributed by atoms with Gasteiger partial charge in [0.25, 0.3) is 11.1 Å². The van der Waals surface area contributed by atoms with Crippen LogP contribution in [0.25, 0.3) is 10.2 Å². The maximum Gasteiger partial charge on any atom is 0.416 e. The lowest BCUT2D eigenvalue weighted by molar-refractivity contribution is -0.140. The molecule has 3 N–H and O–H groups in total. The zero-order valence-electron chi connectivity index (χ0n) is 27.8. The van der Waals surface area contributed by atoms with Gasteiger partial charge >= 0.3 is 6.18 Å². The lowest BCUT2D eigenvalue weighted by Gasteiger charge is -2.30. The Morgan fingerprint density at radius 1 is 1.08 bits per heavy atom. The summed E-state index contributed by atoms with van der Waals surface area (Å²) in [6, 6.07) is 6.42. The van der Waals surface area contributed by atoms with Crippen LogP contribution in [0.15, 0.2) is 54.6 Å². The average molecular weight is 764 g/mol. The Labute approximate surface area is 301 Å². The van der Waals surface area contributed by atoms with Gasteiger partial charge in [-0.05, 0) is 74.9 Å². The number of benzene rings is 2. The van der Waals surface area contributed by atoms with Gasteiger partial charge in [-0.15, -0.1) is 0 Å². The Balaban J connectivity index is 1.19. The summed E-state index contributed by atoms with van der Waals surface area (Å²) in [4.78, 5) is 48.0. The van der Waals surface area contributed by atoms with E-state index in [4.69, 9.17) is 4.74 Å². The Hall–Kier alpha value is -4.25. The van der Waals surface area contributed by atoms with E-state index in [0.29, 0.717) is 42.3 Å². The van der Waals surface area contributed by atoms with Crippen LogP contribution in [0.5, 0.6) is 5.19 Å². The fraction of sp³-hybridized carbons (Fsp3) is 0.486. The van der Waals surface area contributed by atoms with Crippen molar-refractivity contribution in [3.8, 4) is 5.19 Å². The summed E-state index contributed by atoms with van der Waals surface area (Å²) in [5.41, 5.74) is -1.87. The summed E-state index contributed by atoms with van der Waals surface area (Å²) < 4.78 is 88.9. The van der Waals surface area contributed by atoms with E-state index in [1.165, 1.54) is 35.2 Å². The number of aromatic nitrogens is 1. The lowest BCUT2D eigenvalue weighted by Crippen LogP contribution is -2.57. The molecule has 2 aliphatic heterocycles. The predicted octanol–water partition coefficient (Wildman–Crippen LogP) is 5.29. The first-order valence-electron chi connectivity index (χ1n) is 17.2. The average Bonchev–Trinajstić information content (AvgIpc) is 3.98. The Morgan fingerprint density at radius 3 is 2.65 bits per heavy atom.